The average Bonchev–Trinajstić information content (AvgIpc) is 2.97. The molecule has 1 saturated heterocycles. The van der Waals surface area contributed by atoms with Crippen LogP contribution in [-0.2, 0) is 9.59 Å². The quantitative estimate of drug-likeness (QED) is 0.614. The van der Waals surface area contributed by atoms with Gasteiger partial charge >= 0.3 is 0 Å². The maximum atomic E-state index is 12.8. The van der Waals surface area contributed by atoms with Crippen LogP contribution in [0.15, 0.2) is 35.9 Å². The number of carbonyl (C=O) groups is 2. The minimum Gasteiger partial charge on any atom is -0.493 e. The molecule has 1 aliphatic heterocycles. The molecule has 1 heterocycles. The smallest absolute Gasteiger partial charge is 0.282 e. The van der Waals surface area contributed by atoms with Gasteiger partial charge in [0.15, 0.2) is 11.5 Å². The lowest BCUT2D eigenvalue weighted by atomic mass is 10.1. The number of carbonyl (C=O) groups excluding carboxylic acids is 2. The van der Waals surface area contributed by atoms with Crippen molar-refractivity contribution in [2.45, 2.75) is 6.92 Å². The summed E-state index contributed by atoms with van der Waals surface area (Å²) in [6.45, 7) is 1.85. The van der Waals surface area contributed by atoms with Crippen molar-refractivity contribution in [3.63, 3.8) is 0 Å². The molecule has 8 heteroatoms. The second-order valence-corrected chi connectivity index (χ2v) is 6.44. The number of aryl methyl sites for hydroxylation is 1. The van der Waals surface area contributed by atoms with E-state index in [1.165, 1.54) is 27.4 Å². The van der Waals surface area contributed by atoms with Crippen LogP contribution in [0.5, 0.6) is 17.2 Å². The Morgan fingerprint density at radius 2 is 1.64 bits per heavy atom. The van der Waals surface area contributed by atoms with Gasteiger partial charge in [-0.3, -0.25) is 15.0 Å². The highest BCUT2D eigenvalue weighted by molar-refractivity contribution is 6.33. The molecule has 146 valence electrons. The minimum absolute atomic E-state index is 0.0222. The number of benzene rings is 2. The van der Waals surface area contributed by atoms with Crippen LogP contribution in [0.25, 0.3) is 6.08 Å². The standard InChI is InChI=1S/C20H19ClN2O5/c1-11-5-6-13(10-15(11)21)23-20(25)14(19(24)22-23)7-12-8-16(26-2)18(28-4)17(9-12)27-3/h5-10H,1-4H3,(H,22,24)/b14-7-. The van der Waals surface area contributed by atoms with E-state index in [1.54, 1.807) is 30.3 Å². The van der Waals surface area contributed by atoms with E-state index in [9.17, 15) is 9.59 Å². The Hall–Kier alpha value is -3.19. The molecular formula is C20H19ClN2O5. The molecule has 1 aliphatic rings. The zero-order valence-electron chi connectivity index (χ0n) is 15.8. The second-order valence-electron chi connectivity index (χ2n) is 6.03. The first kappa shape index (κ1) is 19.6. The summed E-state index contributed by atoms with van der Waals surface area (Å²) in [4.78, 5) is 25.2. The number of halogens is 1. The fourth-order valence-corrected chi connectivity index (χ4v) is 2.99. The van der Waals surface area contributed by atoms with Crippen LogP contribution >= 0.6 is 11.6 Å². The average molecular weight is 403 g/mol. The van der Waals surface area contributed by atoms with Gasteiger partial charge in [0.1, 0.15) is 5.57 Å². The van der Waals surface area contributed by atoms with E-state index >= 15 is 0 Å². The van der Waals surface area contributed by atoms with E-state index in [-0.39, 0.29) is 5.57 Å². The van der Waals surface area contributed by atoms with E-state index in [1.807, 2.05) is 6.92 Å². The Morgan fingerprint density at radius 1 is 1.00 bits per heavy atom. The lowest BCUT2D eigenvalue weighted by molar-refractivity contribution is -0.117. The number of rotatable bonds is 5. The number of nitrogens with zero attached hydrogens (tertiary/aromatic N) is 1. The molecule has 0 bridgehead atoms. The molecule has 3 rings (SSSR count). The molecule has 0 aromatic heterocycles. The summed E-state index contributed by atoms with van der Waals surface area (Å²) in [5.74, 6) is 0.253. The van der Waals surface area contributed by atoms with Crippen molar-refractivity contribution >= 4 is 35.2 Å². The van der Waals surface area contributed by atoms with Crippen molar-refractivity contribution in [1.29, 1.82) is 0 Å². The summed E-state index contributed by atoms with van der Waals surface area (Å²) < 4.78 is 15.9. The van der Waals surface area contributed by atoms with Gasteiger partial charge in [0.05, 0.1) is 27.0 Å². The summed E-state index contributed by atoms with van der Waals surface area (Å²) in [6.07, 6.45) is 1.47. The van der Waals surface area contributed by atoms with Crippen LogP contribution in [0.1, 0.15) is 11.1 Å². The Morgan fingerprint density at radius 3 is 2.18 bits per heavy atom. The molecule has 0 spiro atoms. The zero-order valence-corrected chi connectivity index (χ0v) is 16.6. The molecule has 0 unspecified atom stereocenters. The SMILES string of the molecule is COc1cc(/C=C2/C(=O)NN(c3ccc(C)c(Cl)c3)C2=O)cc(OC)c1OC. The number of methoxy groups -OCH3 is 3. The predicted octanol–water partition coefficient (Wildman–Crippen LogP) is 3.14. The monoisotopic (exact) mass is 402 g/mol. The van der Waals surface area contributed by atoms with Gasteiger partial charge in [0, 0.05) is 5.02 Å². The van der Waals surface area contributed by atoms with Crippen molar-refractivity contribution in [1.82, 2.24) is 5.43 Å². The second kappa shape index (κ2) is 7.82. The van der Waals surface area contributed by atoms with Crippen molar-refractivity contribution in [2.75, 3.05) is 26.3 Å². The lowest BCUT2D eigenvalue weighted by Gasteiger charge is -2.15. The fraction of sp³-hybridized carbons (Fsp3) is 0.200. The third-order valence-electron chi connectivity index (χ3n) is 4.30. The molecular weight excluding hydrogens is 384 g/mol. The van der Waals surface area contributed by atoms with Crippen LogP contribution in [0.3, 0.4) is 0 Å². The number of nitrogens with one attached hydrogen (secondary N) is 1. The number of amides is 2. The highest BCUT2D eigenvalue weighted by Crippen LogP contribution is 2.39. The van der Waals surface area contributed by atoms with E-state index < -0.39 is 11.8 Å². The van der Waals surface area contributed by atoms with Gasteiger partial charge in [-0.25, -0.2) is 5.01 Å². The van der Waals surface area contributed by atoms with Crippen molar-refractivity contribution in [3.05, 3.63) is 52.1 Å². The Balaban J connectivity index is 1.99. The molecule has 1 N–H and O–H groups in total. The van der Waals surface area contributed by atoms with Crippen molar-refractivity contribution in [2.24, 2.45) is 0 Å². The summed E-state index contributed by atoms with van der Waals surface area (Å²) in [5.41, 5.74) is 4.42. The molecule has 7 nitrogen and oxygen atoms in total. The highest BCUT2D eigenvalue weighted by atomic mass is 35.5. The van der Waals surface area contributed by atoms with Gasteiger partial charge in [0.25, 0.3) is 11.8 Å². The molecule has 28 heavy (non-hydrogen) atoms. The van der Waals surface area contributed by atoms with Gasteiger partial charge in [-0.2, -0.15) is 0 Å². The normalized spacial score (nSPS) is 15.0. The van der Waals surface area contributed by atoms with E-state index in [0.29, 0.717) is 33.5 Å². The Kier molecular flexibility index (Phi) is 5.46. The first-order chi connectivity index (χ1) is 13.4. The number of hydrazine groups is 1. The maximum absolute atomic E-state index is 12.8. The summed E-state index contributed by atoms with van der Waals surface area (Å²) in [7, 11) is 4.48. The first-order valence-electron chi connectivity index (χ1n) is 8.33. The molecule has 0 atom stereocenters. The van der Waals surface area contributed by atoms with E-state index in [0.717, 1.165) is 10.6 Å². The van der Waals surface area contributed by atoms with Gasteiger partial charge in [-0.15, -0.1) is 0 Å². The van der Waals surface area contributed by atoms with Gasteiger partial charge in [0.2, 0.25) is 5.75 Å². The maximum Gasteiger partial charge on any atom is 0.282 e. The fourth-order valence-electron chi connectivity index (χ4n) is 2.81. The third-order valence-corrected chi connectivity index (χ3v) is 4.71. The van der Waals surface area contributed by atoms with Crippen LogP contribution in [0.2, 0.25) is 5.02 Å². The van der Waals surface area contributed by atoms with Gasteiger partial charge in [-0.1, -0.05) is 17.7 Å². The van der Waals surface area contributed by atoms with Crippen LogP contribution in [0.4, 0.5) is 5.69 Å². The topological polar surface area (TPSA) is 77.1 Å². The van der Waals surface area contributed by atoms with Crippen LogP contribution in [0, 0.1) is 6.92 Å². The summed E-state index contributed by atoms with van der Waals surface area (Å²) in [5, 5.41) is 1.67. The van der Waals surface area contributed by atoms with Gasteiger partial charge < -0.3 is 14.2 Å². The highest BCUT2D eigenvalue weighted by Gasteiger charge is 2.34. The molecule has 2 amide bonds. The molecule has 2 aromatic rings. The Labute approximate surface area is 167 Å². The van der Waals surface area contributed by atoms with Crippen molar-refractivity contribution in [3.8, 4) is 17.2 Å². The predicted molar refractivity (Wildman–Crippen MR) is 106 cm³/mol. The van der Waals surface area contributed by atoms with Crippen LogP contribution in [-0.4, -0.2) is 33.1 Å². The molecule has 0 radical (unpaired) electrons. The zero-order chi connectivity index (χ0) is 20.4. The molecule has 2 aromatic carbocycles. The lowest BCUT2D eigenvalue weighted by Crippen LogP contribution is -2.35. The largest absolute Gasteiger partial charge is 0.493 e. The van der Waals surface area contributed by atoms with Gasteiger partial charge in [-0.05, 0) is 48.4 Å². The summed E-state index contributed by atoms with van der Waals surface area (Å²) in [6, 6.07) is 8.41. The molecule has 0 aliphatic carbocycles. The number of hydrogen-bond donors (Lipinski definition) is 1. The van der Waals surface area contributed by atoms with E-state index in [2.05, 4.69) is 5.43 Å². The number of anilines is 1. The first-order valence-corrected chi connectivity index (χ1v) is 8.70. The molecule has 1 fully saturated rings. The summed E-state index contributed by atoms with van der Waals surface area (Å²) >= 11 is 6.13. The Bertz CT molecular complexity index is 962. The number of hydrogen-bond acceptors (Lipinski definition) is 5. The van der Waals surface area contributed by atoms with Crippen LogP contribution < -0.4 is 24.6 Å². The van der Waals surface area contributed by atoms with Crippen molar-refractivity contribution < 1.29 is 23.8 Å². The minimum atomic E-state index is -0.518. The third kappa shape index (κ3) is 3.48. The number of ether oxygens (including phenoxy) is 3. The van der Waals surface area contributed by atoms with E-state index in [4.69, 9.17) is 25.8 Å². The molecule has 0 saturated carbocycles.